The fraction of sp³-hybridized carbons (Fsp3) is 0.286. The van der Waals surface area contributed by atoms with Crippen LogP contribution in [0.3, 0.4) is 0 Å². The fourth-order valence-corrected chi connectivity index (χ4v) is 1.47. The Bertz CT molecular complexity index is 296. The molecule has 0 spiro atoms. The van der Waals surface area contributed by atoms with Gasteiger partial charge in [0.1, 0.15) is 0 Å². The molecule has 0 saturated heterocycles. The molecule has 4 nitrogen and oxygen atoms in total. The van der Waals surface area contributed by atoms with Crippen LogP contribution in [0.15, 0.2) is 10.7 Å². The van der Waals surface area contributed by atoms with Crippen LogP contribution in [0.2, 0.25) is 0 Å². The SMILES string of the molecule is NCc1cc(CC(=O)O)[nH]c1Br. The highest BCUT2D eigenvalue weighted by Crippen LogP contribution is 2.16. The van der Waals surface area contributed by atoms with Gasteiger partial charge in [-0.1, -0.05) is 0 Å². The summed E-state index contributed by atoms with van der Waals surface area (Å²) in [6.07, 6.45) is -0.00139. The third-order valence-corrected chi connectivity index (χ3v) is 2.17. The molecule has 0 aliphatic heterocycles. The number of carboxylic acids is 1. The lowest BCUT2D eigenvalue weighted by Crippen LogP contribution is -1.99. The molecule has 0 bridgehead atoms. The molecule has 12 heavy (non-hydrogen) atoms. The fourth-order valence-electron chi connectivity index (χ4n) is 0.938. The number of aromatic nitrogens is 1. The van der Waals surface area contributed by atoms with Crippen molar-refractivity contribution in [2.24, 2.45) is 5.73 Å². The van der Waals surface area contributed by atoms with E-state index in [9.17, 15) is 4.79 Å². The lowest BCUT2D eigenvalue weighted by atomic mass is 10.2. The molecule has 66 valence electrons. The van der Waals surface area contributed by atoms with E-state index >= 15 is 0 Å². The summed E-state index contributed by atoms with van der Waals surface area (Å²) in [5, 5.41) is 8.47. The summed E-state index contributed by atoms with van der Waals surface area (Å²) in [4.78, 5) is 13.2. The maximum Gasteiger partial charge on any atom is 0.309 e. The molecule has 1 rings (SSSR count). The van der Waals surface area contributed by atoms with Crippen molar-refractivity contribution in [3.63, 3.8) is 0 Å². The van der Waals surface area contributed by atoms with Gasteiger partial charge in [-0.2, -0.15) is 0 Å². The number of rotatable bonds is 3. The summed E-state index contributed by atoms with van der Waals surface area (Å²) in [7, 11) is 0. The Morgan fingerprint density at radius 3 is 2.83 bits per heavy atom. The smallest absolute Gasteiger partial charge is 0.309 e. The first-order valence-electron chi connectivity index (χ1n) is 3.41. The van der Waals surface area contributed by atoms with Gasteiger partial charge in [0, 0.05) is 12.2 Å². The monoisotopic (exact) mass is 232 g/mol. The minimum atomic E-state index is -0.854. The Labute approximate surface area is 77.9 Å². The normalized spacial score (nSPS) is 10.2. The molecular weight excluding hydrogens is 224 g/mol. The van der Waals surface area contributed by atoms with Crippen LogP contribution >= 0.6 is 15.9 Å². The molecule has 1 heterocycles. The van der Waals surface area contributed by atoms with E-state index in [1.54, 1.807) is 6.07 Å². The van der Waals surface area contributed by atoms with Crippen LogP contribution in [-0.4, -0.2) is 16.1 Å². The standard InChI is InChI=1S/C7H9BrN2O2/c8-7-4(3-9)1-5(10-7)2-6(11)12/h1,10H,2-3,9H2,(H,11,12). The molecule has 0 aromatic carbocycles. The Morgan fingerprint density at radius 1 is 1.75 bits per heavy atom. The summed E-state index contributed by atoms with van der Waals surface area (Å²) >= 11 is 3.24. The lowest BCUT2D eigenvalue weighted by molar-refractivity contribution is -0.136. The number of nitrogens with one attached hydrogen (secondary N) is 1. The van der Waals surface area contributed by atoms with Crippen molar-refractivity contribution in [3.8, 4) is 0 Å². The van der Waals surface area contributed by atoms with E-state index in [-0.39, 0.29) is 6.42 Å². The molecular formula is C7H9BrN2O2. The van der Waals surface area contributed by atoms with Gasteiger partial charge in [-0.15, -0.1) is 0 Å². The molecule has 0 atom stereocenters. The first kappa shape index (κ1) is 9.28. The van der Waals surface area contributed by atoms with Crippen LogP contribution in [0.1, 0.15) is 11.3 Å². The first-order chi connectivity index (χ1) is 5.63. The molecule has 0 unspecified atom stereocenters. The highest BCUT2D eigenvalue weighted by molar-refractivity contribution is 9.10. The highest BCUT2D eigenvalue weighted by atomic mass is 79.9. The van der Waals surface area contributed by atoms with E-state index in [1.165, 1.54) is 0 Å². The maximum absolute atomic E-state index is 10.3. The molecule has 0 fully saturated rings. The van der Waals surface area contributed by atoms with Crippen LogP contribution in [0.5, 0.6) is 0 Å². The average Bonchev–Trinajstić information content (AvgIpc) is 2.29. The van der Waals surface area contributed by atoms with E-state index in [1.807, 2.05) is 0 Å². The van der Waals surface area contributed by atoms with Gasteiger partial charge >= 0.3 is 5.97 Å². The Kier molecular flexibility index (Phi) is 2.88. The van der Waals surface area contributed by atoms with Crippen LogP contribution < -0.4 is 5.73 Å². The van der Waals surface area contributed by atoms with Gasteiger partial charge in [0.2, 0.25) is 0 Å². The third-order valence-electron chi connectivity index (χ3n) is 1.46. The van der Waals surface area contributed by atoms with Gasteiger partial charge in [0.15, 0.2) is 0 Å². The summed E-state index contributed by atoms with van der Waals surface area (Å²) in [6.45, 7) is 0.400. The number of aliphatic carboxylic acids is 1. The molecule has 5 heteroatoms. The number of carbonyl (C=O) groups is 1. The lowest BCUT2D eigenvalue weighted by Gasteiger charge is -1.87. The zero-order valence-electron chi connectivity index (χ0n) is 6.30. The minimum absolute atomic E-state index is 0.00139. The van der Waals surface area contributed by atoms with Gasteiger partial charge < -0.3 is 15.8 Å². The van der Waals surface area contributed by atoms with Crippen molar-refractivity contribution < 1.29 is 9.90 Å². The minimum Gasteiger partial charge on any atom is -0.481 e. The van der Waals surface area contributed by atoms with Crippen LogP contribution in [0.25, 0.3) is 0 Å². The number of aromatic amines is 1. The number of nitrogens with two attached hydrogens (primary N) is 1. The largest absolute Gasteiger partial charge is 0.481 e. The van der Waals surface area contributed by atoms with Crippen molar-refractivity contribution in [1.82, 2.24) is 4.98 Å². The van der Waals surface area contributed by atoms with Gasteiger partial charge in [0.25, 0.3) is 0 Å². The van der Waals surface area contributed by atoms with Gasteiger partial charge in [-0.25, -0.2) is 0 Å². The van der Waals surface area contributed by atoms with E-state index in [4.69, 9.17) is 10.8 Å². The second-order valence-corrected chi connectivity index (χ2v) is 3.20. The van der Waals surface area contributed by atoms with Crippen LogP contribution in [0, 0.1) is 0 Å². The second-order valence-electron chi connectivity index (χ2n) is 2.41. The molecule has 1 aromatic heterocycles. The third kappa shape index (κ3) is 2.09. The Hall–Kier alpha value is -0.810. The summed E-state index contributed by atoms with van der Waals surface area (Å²) in [5.41, 5.74) is 6.95. The Morgan fingerprint density at radius 2 is 2.42 bits per heavy atom. The van der Waals surface area contributed by atoms with Crippen molar-refractivity contribution in [2.45, 2.75) is 13.0 Å². The number of carboxylic acid groups (broad SMARTS) is 1. The zero-order valence-corrected chi connectivity index (χ0v) is 7.89. The quantitative estimate of drug-likeness (QED) is 0.724. The topological polar surface area (TPSA) is 79.1 Å². The average molecular weight is 233 g/mol. The zero-order chi connectivity index (χ0) is 9.14. The predicted octanol–water partition coefficient (Wildman–Crippen LogP) is 0.863. The number of halogens is 1. The molecule has 0 amide bonds. The number of hydrogen-bond acceptors (Lipinski definition) is 2. The molecule has 4 N–H and O–H groups in total. The van der Waals surface area contributed by atoms with Crippen molar-refractivity contribution in [2.75, 3.05) is 0 Å². The maximum atomic E-state index is 10.3. The Balaban J connectivity index is 2.82. The van der Waals surface area contributed by atoms with Gasteiger partial charge in [-0.3, -0.25) is 4.79 Å². The molecule has 0 aliphatic carbocycles. The van der Waals surface area contributed by atoms with E-state index in [2.05, 4.69) is 20.9 Å². The van der Waals surface area contributed by atoms with Crippen LogP contribution in [0.4, 0.5) is 0 Å². The molecule has 0 saturated carbocycles. The number of hydrogen-bond donors (Lipinski definition) is 3. The molecule has 0 aliphatic rings. The van der Waals surface area contributed by atoms with E-state index in [0.29, 0.717) is 12.2 Å². The van der Waals surface area contributed by atoms with Crippen molar-refractivity contribution >= 4 is 21.9 Å². The second kappa shape index (κ2) is 3.73. The highest BCUT2D eigenvalue weighted by Gasteiger charge is 2.06. The molecule has 1 aromatic rings. The summed E-state index contributed by atoms with van der Waals surface area (Å²) in [6, 6.07) is 1.75. The van der Waals surface area contributed by atoms with Crippen molar-refractivity contribution in [1.29, 1.82) is 0 Å². The van der Waals surface area contributed by atoms with E-state index in [0.717, 1.165) is 10.2 Å². The molecule has 0 radical (unpaired) electrons. The van der Waals surface area contributed by atoms with E-state index < -0.39 is 5.97 Å². The first-order valence-corrected chi connectivity index (χ1v) is 4.21. The predicted molar refractivity (Wildman–Crippen MR) is 47.7 cm³/mol. The summed E-state index contributed by atoms with van der Waals surface area (Å²) < 4.78 is 0.765. The van der Waals surface area contributed by atoms with Gasteiger partial charge in [-0.05, 0) is 27.6 Å². The van der Waals surface area contributed by atoms with Crippen molar-refractivity contribution in [3.05, 3.63) is 21.9 Å². The number of H-pyrrole nitrogens is 1. The summed E-state index contributed by atoms with van der Waals surface area (Å²) in [5.74, 6) is -0.854. The van der Waals surface area contributed by atoms with Crippen LogP contribution in [-0.2, 0) is 17.8 Å². The van der Waals surface area contributed by atoms with Gasteiger partial charge in [0.05, 0.1) is 11.0 Å².